The Morgan fingerprint density at radius 3 is 2.65 bits per heavy atom. The maximum Gasteiger partial charge on any atom is 0.129 e. The first kappa shape index (κ1) is 16.1. The first-order valence-corrected chi connectivity index (χ1v) is 8.93. The number of hydrogen-bond acceptors (Lipinski definition) is 2. The molecule has 1 aromatic heterocycles. The van der Waals surface area contributed by atoms with Gasteiger partial charge in [0, 0.05) is 27.4 Å². The van der Waals surface area contributed by atoms with E-state index < -0.39 is 0 Å². The van der Waals surface area contributed by atoms with E-state index in [9.17, 15) is 4.39 Å². The molecule has 2 rings (SSSR count). The van der Waals surface area contributed by atoms with Crippen molar-refractivity contribution < 1.29 is 4.39 Å². The van der Waals surface area contributed by atoms with Gasteiger partial charge in [-0.1, -0.05) is 28.9 Å². The van der Waals surface area contributed by atoms with Gasteiger partial charge in [-0.25, -0.2) is 4.39 Å². The Labute approximate surface area is 139 Å². The molecule has 0 aliphatic carbocycles. The highest BCUT2D eigenvalue weighted by molar-refractivity contribution is 9.11. The maximum absolute atomic E-state index is 14.2. The van der Waals surface area contributed by atoms with Gasteiger partial charge in [0.2, 0.25) is 0 Å². The Kier molecular flexibility index (Phi) is 6.20. The lowest BCUT2D eigenvalue weighted by Gasteiger charge is -2.20. The van der Waals surface area contributed by atoms with Crippen molar-refractivity contribution in [3.8, 4) is 0 Å². The highest BCUT2D eigenvalue weighted by atomic mass is 79.9. The summed E-state index contributed by atoms with van der Waals surface area (Å²) in [4.78, 5) is 1.24. The lowest BCUT2D eigenvalue weighted by atomic mass is 10.0. The van der Waals surface area contributed by atoms with Crippen LogP contribution in [0.1, 0.15) is 29.8 Å². The van der Waals surface area contributed by atoms with Crippen LogP contribution in [-0.2, 0) is 6.42 Å². The normalized spacial score (nSPS) is 12.6. The summed E-state index contributed by atoms with van der Waals surface area (Å²) in [6.45, 7) is 2.99. The summed E-state index contributed by atoms with van der Waals surface area (Å²) in [6, 6.07) is 9.24. The molecular formula is C15H16Br2FNS. The number of halogens is 3. The van der Waals surface area contributed by atoms with Crippen LogP contribution in [0, 0.1) is 5.82 Å². The maximum atomic E-state index is 14.2. The van der Waals surface area contributed by atoms with Gasteiger partial charge in [0.05, 0.1) is 3.79 Å². The summed E-state index contributed by atoms with van der Waals surface area (Å²) in [5.74, 6) is -0.163. The summed E-state index contributed by atoms with van der Waals surface area (Å²) in [7, 11) is 0. The van der Waals surface area contributed by atoms with E-state index in [-0.39, 0.29) is 11.9 Å². The van der Waals surface area contributed by atoms with Crippen LogP contribution in [0.4, 0.5) is 4.39 Å². The monoisotopic (exact) mass is 419 g/mol. The smallest absolute Gasteiger partial charge is 0.129 e. The Bertz CT molecular complexity index is 551. The van der Waals surface area contributed by atoms with E-state index in [1.54, 1.807) is 17.4 Å². The topological polar surface area (TPSA) is 12.0 Å². The summed E-state index contributed by atoms with van der Waals surface area (Å²) < 4.78 is 16.1. The molecule has 20 heavy (non-hydrogen) atoms. The molecule has 1 aromatic carbocycles. The summed E-state index contributed by atoms with van der Waals surface area (Å²) in [5, 5.41) is 3.45. The fraction of sp³-hybridized carbons (Fsp3) is 0.333. The minimum atomic E-state index is -0.163. The third kappa shape index (κ3) is 4.13. The van der Waals surface area contributed by atoms with Crippen molar-refractivity contribution in [1.82, 2.24) is 5.32 Å². The van der Waals surface area contributed by atoms with Crippen molar-refractivity contribution in [2.45, 2.75) is 25.8 Å². The van der Waals surface area contributed by atoms with Crippen LogP contribution in [0.15, 0.2) is 38.6 Å². The average Bonchev–Trinajstić information content (AvgIpc) is 2.81. The van der Waals surface area contributed by atoms with Gasteiger partial charge >= 0.3 is 0 Å². The van der Waals surface area contributed by atoms with Crippen molar-refractivity contribution >= 4 is 43.2 Å². The molecule has 1 heterocycles. The Morgan fingerprint density at radius 2 is 2.05 bits per heavy atom. The van der Waals surface area contributed by atoms with Crippen LogP contribution < -0.4 is 5.32 Å². The second kappa shape index (κ2) is 7.69. The Morgan fingerprint density at radius 1 is 1.25 bits per heavy atom. The SMILES string of the molecule is CCCNC(Cc1ccc(Br)s1)c1c(F)cccc1Br. The van der Waals surface area contributed by atoms with Gasteiger partial charge in [0.15, 0.2) is 0 Å². The van der Waals surface area contributed by atoms with E-state index in [2.05, 4.69) is 50.2 Å². The van der Waals surface area contributed by atoms with Crippen molar-refractivity contribution in [2.75, 3.05) is 6.54 Å². The van der Waals surface area contributed by atoms with E-state index in [4.69, 9.17) is 0 Å². The zero-order valence-corrected chi connectivity index (χ0v) is 15.1. The van der Waals surface area contributed by atoms with Gasteiger partial charge in [-0.05, 0) is 53.2 Å². The Balaban J connectivity index is 2.27. The van der Waals surface area contributed by atoms with Crippen molar-refractivity contribution in [1.29, 1.82) is 0 Å². The zero-order valence-electron chi connectivity index (χ0n) is 11.1. The molecule has 1 atom stereocenters. The van der Waals surface area contributed by atoms with Crippen LogP contribution >= 0.6 is 43.2 Å². The highest BCUT2D eigenvalue weighted by Gasteiger charge is 2.19. The average molecular weight is 421 g/mol. The molecule has 0 amide bonds. The molecule has 1 unspecified atom stereocenters. The molecule has 0 aliphatic heterocycles. The van der Waals surface area contributed by atoms with E-state index in [1.165, 1.54) is 10.9 Å². The fourth-order valence-corrected chi connectivity index (χ4v) is 4.25. The molecule has 2 aromatic rings. The number of rotatable bonds is 6. The number of nitrogens with one attached hydrogen (secondary N) is 1. The second-order valence-corrected chi connectivity index (χ2v) is 7.95. The van der Waals surface area contributed by atoms with Gasteiger partial charge in [-0.15, -0.1) is 11.3 Å². The van der Waals surface area contributed by atoms with Crippen LogP contribution in [0.3, 0.4) is 0 Å². The third-order valence-corrected chi connectivity index (χ3v) is 5.36. The molecule has 5 heteroatoms. The predicted molar refractivity (Wildman–Crippen MR) is 90.9 cm³/mol. The van der Waals surface area contributed by atoms with E-state index in [0.717, 1.165) is 27.6 Å². The van der Waals surface area contributed by atoms with Crippen molar-refractivity contribution in [3.05, 3.63) is 54.8 Å². The largest absolute Gasteiger partial charge is 0.309 e. The van der Waals surface area contributed by atoms with Gasteiger partial charge in [-0.3, -0.25) is 0 Å². The molecule has 0 radical (unpaired) electrons. The molecule has 1 N–H and O–H groups in total. The third-order valence-electron chi connectivity index (χ3n) is 3.02. The van der Waals surface area contributed by atoms with Gasteiger partial charge in [0.25, 0.3) is 0 Å². The van der Waals surface area contributed by atoms with Crippen LogP contribution in [0.25, 0.3) is 0 Å². The lowest BCUT2D eigenvalue weighted by Crippen LogP contribution is -2.25. The van der Waals surface area contributed by atoms with Crippen molar-refractivity contribution in [2.24, 2.45) is 0 Å². The number of hydrogen-bond donors (Lipinski definition) is 1. The molecule has 0 saturated carbocycles. The fourth-order valence-electron chi connectivity index (χ4n) is 2.10. The van der Waals surface area contributed by atoms with Gasteiger partial charge in [0.1, 0.15) is 5.82 Å². The Hall–Kier alpha value is -0.230. The van der Waals surface area contributed by atoms with E-state index in [1.807, 2.05) is 12.1 Å². The summed E-state index contributed by atoms with van der Waals surface area (Å²) in [5.41, 5.74) is 0.713. The lowest BCUT2D eigenvalue weighted by molar-refractivity contribution is 0.497. The van der Waals surface area contributed by atoms with Crippen LogP contribution in [0.5, 0.6) is 0 Å². The highest BCUT2D eigenvalue weighted by Crippen LogP contribution is 2.31. The minimum absolute atomic E-state index is 0.0175. The first-order chi connectivity index (χ1) is 9.61. The minimum Gasteiger partial charge on any atom is -0.309 e. The van der Waals surface area contributed by atoms with Gasteiger partial charge in [-0.2, -0.15) is 0 Å². The summed E-state index contributed by atoms with van der Waals surface area (Å²) >= 11 is 8.64. The number of thiophene rings is 1. The quantitative estimate of drug-likeness (QED) is 0.632. The zero-order chi connectivity index (χ0) is 14.5. The van der Waals surface area contributed by atoms with Gasteiger partial charge < -0.3 is 5.32 Å². The van der Waals surface area contributed by atoms with Crippen LogP contribution in [-0.4, -0.2) is 6.54 Å². The van der Waals surface area contributed by atoms with E-state index in [0.29, 0.717) is 5.56 Å². The standard InChI is InChI=1S/C15H16Br2FNS/c1-2-8-19-13(9-10-6-7-14(17)20-10)15-11(16)4-3-5-12(15)18/h3-7,13,19H,2,8-9H2,1H3. The van der Waals surface area contributed by atoms with E-state index >= 15 is 0 Å². The van der Waals surface area contributed by atoms with Crippen LogP contribution in [0.2, 0.25) is 0 Å². The molecule has 1 nitrogen and oxygen atoms in total. The second-order valence-electron chi connectivity index (χ2n) is 4.55. The molecular weight excluding hydrogens is 405 g/mol. The molecule has 0 bridgehead atoms. The number of benzene rings is 1. The first-order valence-electron chi connectivity index (χ1n) is 6.53. The molecule has 0 spiro atoms. The van der Waals surface area contributed by atoms with Crippen molar-refractivity contribution in [3.63, 3.8) is 0 Å². The molecule has 108 valence electrons. The predicted octanol–water partition coefficient (Wildman–Crippen LogP) is 5.70. The molecule has 0 aliphatic rings. The molecule has 0 fully saturated rings. The molecule has 0 saturated heterocycles. The summed E-state index contributed by atoms with van der Waals surface area (Å²) in [6.07, 6.45) is 1.81.